The lowest BCUT2D eigenvalue weighted by Crippen LogP contribution is -2.08. The quantitative estimate of drug-likeness (QED) is 0.570. The predicted molar refractivity (Wildman–Crippen MR) is 67.3 cm³/mol. The topological polar surface area (TPSA) is 38.7 Å². The van der Waals surface area contributed by atoms with Crippen LogP contribution in [-0.4, -0.2) is 0 Å². The van der Waals surface area contributed by atoms with Crippen LogP contribution in [0.1, 0.15) is 11.1 Å². The fraction of sp³-hybridized carbons (Fsp3) is 0.143. The van der Waals surface area contributed by atoms with Crippen molar-refractivity contribution in [3.63, 3.8) is 0 Å². The first-order chi connectivity index (χ1) is 10.7. The molecular weight excluding hydrogens is 328 g/mol. The summed E-state index contributed by atoms with van der Waals surface area (Å²) in [5, 5.41) is 2.46. The fourth-order valence-electron chi connectivity index (χ4n) is 1.78. The minimum absolute atomic E-state index is 0.0718. The molecule has 3 nitrogen and oxygen atoms in total. The van der Waals surface area contributed by atoms with Gasteiger partial charge in [-0.25, -0.2) is 13.2 Å². The molecule has 0 N–H and O–H groups in total. The zero-order chi connectivity index (χ0) is 17.2. The molecule has 0 aliphatic carbocycles. The van der Waals surface area contributed by atoms with E-state index in [-0.39, 0.29) is 11.6 Å². The highest BCUT2D eigenvalue weighted by Crippen LogP contribution is 2.36. The van der Waals surface area contributed by atoms with E-state index in [1.54, 1.807) is 0 Å². The largest absolute Gasteiger partial charge is 0.451 e. The molecule has 0 unspecified atom stereocenters. The Labute approximate surface area is 125 Å². The third-order valence-corrected chi connectivity index (χ3v) is 2.77. The molecule has 0 heterocycles. The summed E-state index contributed by atoms with van der Waals surface area (Å²) in [4.78, 5) is 10.1. The molecule has 0 bridgehead atoms. The first kappa shape index (κ1) is 16.8. The Morgan fingerprint density at radius 2 is 1.57 bits per heavy atom. The van der Waals surface area contributed by atoms with Crippen LogP contribution in [0.3, 0.4) is 0 Å². The maximum absolute atomic E-state index is 13.7. The van der Waals surface area contributed by atoms with Gasteiger partial charge in [0.05, 0.1) is 5.56 Å². The van der Waals surface area contributed by atoms with Crippen LogP contribution < -0.4 is 4.74 Å². The molecule has 2 rings (SSSR count). The molecule has 0 amide bonds. The second-order valence-electron chi connectivity index (χ2n) is 4.42. The number of nitrogens with zero attached hydrogens (tertiary/aromatic N) is 1. The van der Waals surface area contributed by atoms with Crippen LogP contribution in [-0.2, 0) is 12.7 Å². The highest BCUT2D eigenvalue weighted by molar-refractivity contribution is 5.38. The first-order valence-electron chi connectivity index (χ1n) is 6.04. The van der Waals surface area contributed by atoms with Crippen molar-refractivity contribution in [1.29, 1.82) is 0 Å². The third-order valence-electron chi connectivity index (χ3n) is 2.77. The van der Waals surface area contributed by atoms with Gasteiger partial charge < -0.3 is 4.74 Å². The van der Waals surface area contributed by atoms with E-state index < -0.39 is 47.2 Å². The Kier molecular flexibility index (Phi) is 4.57. The van der Waals surface area contributed by atoms with Crippen LogP contribution >= 0.6 is 0 Å². The summed E-state index contributed by atoms with van der Waals surface area (Å²) >= 11 is 0. The van der Waals surface area contributed by atoms with Gasteiger partial charge in [0.25, 0.3) is 0 Å². The number of ether oxygens (including phenoxy) is 1. The molecule has 23 heavy (non-hydrogen) atoms. The summed E-state index contributed by atoms with van der Waals surface area (Å²) in [5.74, 6) is -5.58. The van der Waals surface area contributed by atoms with Crippen molar-refractivity contribution >= 4 is 0 Å². The van der Waals surface area contributed by atoms with E-state index in [0.717, 1.165) is 18.2 Å². The molecule has 0 aromatic heterocycles. The van der Waals surface area contributed by atoms with E-state index in [1.807, 2.05) is 0 Å². The van der Waals surface area contributed by atoms with Gasteiger partial charge in [-0.15, -0.1) is 0 Å². The van der Waals surface area contributed by atoms with Crippen molar-refractivity contribution in [2.45, 2.75) is 12.7 Å². The summed E-state index contributed by atoms with van der Waals surface area (Å²) in [7, 11) is 0. The van der Waals surface area contributed by atoms with Crippen LogP contribution in [0.4, 0.5) is 26.3 Å². The highest BCUT2D eigenvalue weighted by Gasteiger charge is 2.34. The van der Waals surface area contributed by atoms with Crippen LogP contribution in [0.2, 0.25) is 0 Å². The van der Waals surface area contributed by atoms with E-state index in [9.17, 15) is 31.2 Å². The number of alkyl halides is 3. The molecule has 0 aliphatic rings. The predicted octanol–water partition coefficient (Wildman–Crippen LogP) is 5.18. The normalized spacial score (nSPS) is 11.4. The smallest absolute Gasteiger partial charge is 0.419 e. The molecule has 2 aromatic rings. The summed E-state index contributed by atoms with van der Waals surface area (Å²) in [6, 6.07) is 3.07. The molecule has 0 fully saturated rings. The highest BCUT2D eigenvalue weighted by atomic mass is 19.4. The zero-order valence-corrected chi connectivity index (χ0v) is 11.1. The van der Waals surface area contributed by atoms with Gasteiger partial charge in [-0.3, -0.25) is 0 Å². The Bertz CT molecular complexity index is 722. The second-order valence-corrected chi connectivity index (χ2v) is 4.42. The summed E-state index contributed by atoms with van der Waals surface area (Å²) in [6.07, 6.45) is -4.99. The first-order valence-corrected chi connectivity index (χ1v) is 6.04. The molecule has 0 saturated heterocycles. The number of benzene rings is 2. The van der Waals surface area contributed by atoms with Crippen molar-refractivity contribution in [3.8, 4) is 11.5 Å². The number of halogens is 6. The molecule has 122 valence electrons. The van der Waals surface area contributed by atoms with Crippen LogP contribution in [0.25, 0.3) is 0 Å². The molecule has 0 spiro atoms. The minimum Gasteiger partial charge on any atom is -0.451 e. The SMILES string of the molecule is O=NCc1cc(F)c(Oc2ccc(F)c(C(F)(F)F)c2)c(F)c1. The lowest BCUT2D eigenvalue weighted by molar-refractivity contribution is -0.140. The third kappa shape index (κ3) is 3.79. The second kappa shape index (κ2) is 6.27. The monoisotopic (exact) mass is 335 g/mol. The van der Waals surface area contributed by atoms with Crippen LogP contribution in [0.5, 0.6) is 11.5 Å². The molecule has 0 saturated carbocycles. The van der Waals surface area contributed by atoms with Gasteiger partial charge in [-0.05, 0) is 35.9 Å². The lowest BCUT2D eigenvalue weighted by atomic mass is 10.2. The van der Waals surface area contributed by atoms with Crippen molar-refractivity contribution in [1.82, 2.24) is 0 Å². The van der Waals surface area contributed by atoms with E-state index >= 15 is 0 Å². The summed E-state index contributed by atoms with van der Waals surface area (Å²) in [6.45, 7) is -0.483. The van der Waals surface area contributed by atoms with E-state index in [1.165, 1.54) is 0 Å². The van der Waals surface area contributed by atoms with Gasteiger partial charge in [-0.2, -0.15) is 18.1 Å². The van der Waals surface area contributed by atoms with Gasteiger partial charge >= 0.3 is 6.18 Å². The van der Waals surface area contributed by atoms with E-state index in [4.69, 9.17) is 4.74 Å². The average molecular weight is 335 g/mol. The van der Waals surface area contributed by atoms with Crippen LogP contribution in [0.15, 0.2) is 35.5 Å². The van der Waals surface area contributed by atoms with Crippen molar-refractivity contribution in [2.24, 2.45) is 5.18 Å². The van der Waals surface area contributed by atoms with Gasteiger partial charge in [0.1, 0.15) is 18.1 Å². The van der Waals surface area contributed by atoms with Gasteiger partial charge in [-0.1, -0.05) is 5.18 Å². The standard InChI is InChI=1S/C14H7F6NO2/c15-10-2-1-8(5-9(10)14(18,19)20)23-13-11(16)3-7(6-21-22)4-12(13)17/h1-5H,6H2. The number of rotatable bonds is 4. The number of hydrogen-bond acceptors (Lipinski definition) is 3. The van der Waals surface area contributed by atoms with Crippen molar-refractivity contribution in [3.05, 3.63) is 63.8 Å². The van der Waals surface area contributed by atoms with Gasteiger partial charge in [0.2, 0.25) is 0 Å². The van der Waals surface area contributed by atoms with Gasteiger partial charge in [0.15, 0.2) is 17.4 Å². The maximum Gasteiger partial charge on any atom is 0.419 e. The Hall–Kier alpha value is -2.58. The Balaban J connectivity index is 2.38. The molecule has 0 atom stereocenters. The maximum atomic E-state index is 13.7. The number of nitroso groups, excluding NO2 is 1. The fourth-order valence-corrected chi connectivity index (χ4v) is 1.78. The van der Waals surface area contributed by atoms with E-state index in [0.29, 0.717) is 6.07 Å². The Morgan fingerprint density at radius 1 is 0.957 bits per heavy atom. The summed E-state index contributed by atoms with van der Waals surface area (Å²) < 4.78 is 83.1. The molecule has 9 heteroatoms. The average Bonchev–Trinajstić information content (AvgIpc) is 2.43. The van der Waals surface area contributed by atoms with Crippen molar-refractivity contribution in [2.75, 3.05) is 0 Å². The molecule has 2 aromatic carbocycles. The zero-order valence-electron chi connectivity index (χ0n) is 11.1. The number of hydrogen-bond donors (Lipinski definition) is 0. The van der Waals surface area contributed by atoms with E-state index in [2.05, 4.69) is 5.18 Å². The van der Waals surface area contributed by atoms with Gasteiger partial charge in [0, 0.05) is 0 Å². The molecule has 0 aliphatic heterocycles. The van der Waals surface area contributed by atoms with Crippen LogP contribution in [0, 0.1) is 22.4 Å². The van der Waals surface area contributed by atoms with Crippen molar-refractivity contribution < 1.29 is 31.1 Å². The lowest BCUT2D eigenvalue weighted by Gasteiger charge is -2.12. The summed E-state index contributed by atoms with van der Waals surface area (Å²) in [5.41, 5.74) is -1.70. The molecule has 0 radical (unpaired) electrons. The minimum atomic E-state index is -4.99. The Morgan fingerprint density at radius 3 is 2.09 bits per heavy atom. The molecular formula is C14H7F6NO2.